The number of aryl methyl sites for hydroxylation is 1. The molecule has 0 aliphatic carbocycles. The van der Waals surface area contributed by atoms with Crippen LogP contribution in [-0.2, 0) is 6.54 Å². The van der Waals surface area contributed by atoms with Crippen LogP contribution in [0.3, 0.4) is 0 Å². The Morgan fingerprint density at radius 2 is 2.41 bits per heavy atom. The lowest BCUT2D eigenvalue weighted by Crippen LogP contribution is -2.29. The molecule has 0 bridgehead atoms. The highest BCUT2D eigenvalue weighted by atomic mass is 79.9. The van der Waals surface area contributed by atoms with Gasteiger partial charge in [-0.2, -0.15) is 5.10 Å². The molecule has 6 heteroatoms. The predicted molar refractivity (Wildman–Crippen MR) is 69.0 cm³/mol. The van der Waals surface area contributed by atoms with Gasteiger partial charge in [0, 0.05) is 29.0 Å². The topological polar surface area (TPSA) is 68.8 Å². The lowest BCUT2D eigenvalue weighted by atomic mass is 10.1. The van der Waals surface area contributed by atoms with Gasteiger partial charge in [0.15, 0.2) is 0 Å². The van der Waals surface area contributed by atoms with Crippen molar-refractivity contribution < 1.29 is 0 Å². The molecule has 0 aliphatic rings. The molecule has 3 N–H and O–H groups in total. The van der Waals surface area contributed by atoms with Crippen molar-refractivity contribution in [3.05, 3.63) is 46.5 Å². The summed E-state index contributed by atoms with van der Waals surface area (Å²) in [5, 5.41) is 4.24. The predicted octanol–water partition coefficient (Wildman–Crippen LogP) is 1.61. The molecule has 0 fully saturated rings. The Morgan fingerprint density at radius 1 is 1.59 bits per heavy atom. The molecule has 2 rings (SSSR count). The largest absolute Gasteiger partial charge is 0.273 e. The maximum atomic E-state index is 5.61. The van der Waals surface area contributed by atoms with Crippen LogP contribution in [0.1, 0.15) is 24.2 Å². The van der Waals surface area contributed by atoms with Crippen LogP contribution in [0.2, 0.25) is 0 Å². The number of hydrogen-bond acceptors (Lipinski definition) is 4. The standard InChI is InChI=1S/C11H14BrN5/c1-2-17-7-8(6-15-17)10(16-13)11-9(12)4-3-5-14-11/h3-7,10,16H,2,13H2,1H3. The molecule has 0 saturated heterocycles. The number of hydrazine groups is 1. The first kappa shape index (κ1) is 12.2. The van der Waals surface area contributed by atoms with E-state index < -0.39 is 0 Å². The van der Waals surface area contributed by atoms with Crippen molar-refractivity contribution in [2.75, 3.05) is 0 Å². The van der Waals surface area contributed by atoms with Gasteiger partial charge in [0.2, 0.25) is 0 Å². The van der Waals surface area contributed by atoms with Crippen molar-refractivity contribution in [2.45, 2.75) is 19.5 Å². The van der Waals surface area contributed by atoms with E-state index in [1.165, 1.54) is 0 Å². The highest BCUT2D eigenvalue weighted by Crippen LogP contribution is 2.25. The lowest BCUT2D eigenvalue weighted by molar-refractivity contribution is 0.614. The van der Waals surface area contributed by atoms with E-state index in [0.717, 1.165) is 22.3 Å². The molecule has 5 nitrogen and oxygen atoms in total. The zero-order valence-electron chi connectivity index (χ0n) is 9.47. The van der Waals surface area contributed by atoms with Gasteiger partial charge in [-0.3, -0.25) is 15.5 Å². The van der Waals surface area contributed by atoms with Gasteiger partial charge in [0.25, 0.3) is 0 Å². The normalized spacial score (nSPS) is 12.6. The molecule has 2 aromatic heterocycles. The summed E-state index contributed by atoms with van der Waals surface area (Å²) in [7, 11) is 0. The lowest BCUT2D eigenvalue weighted by Gasteiger charge is -2.14. The second-order valence-corrected chi connectivity index (χ2v) is 4.45. The molecule has 0 aliphatic heterocycles. The smallest absolute Gasteiger partial charge is 0.0923 e. The third-order valence-electron chi connectivity index (χ3n) is 2.54. The SMILES string of the molecule is CCn1cc(C(NN)c2ncccc2Br)cn1. The fourth-order valence-electron chi connectivity index (χ4n) is 1.64. The van der Waals surface area contributed by atoms with E-state index in [2.05, 4.69) is 31.4 Å². The molecular weight excluding hydrogens is 282 g/mol. The van der Waals surface area contributed by atoms with Gasteiger partial charge in [-0.25, -0.2) is 5.43 Å². The van der Waals surface area contributed by atoms with Crippen molar-refractivity contribution in [1.29, 1.82) is 0 Å². The average Bonchev–Trinajstić information content (AvgIpc) is 2.81. The minimum atomic E-state index is -0.161. The number of nitrogens with zero attached hydrogens (tertiary/aromatic N) is 3. The first-order valence-electron chi connectivity index (χ1n) is 5.35. The van der Waals surface area contributed by atoms with Crippen LogP contribution in [-0.4, -0.2) is 14.8 Å². The van der Waals surface area contributed by atoms with Crippen LogP contribution in [0.5, 0.6) is 0 Å². The Bertz CT molecular complexity index is 496. The second-order valence-electron chi connectivity index (χ2n) is 3.60. The molecule has 90 valence electrons. The summed E-state index contributed by atoms with van der Waals surface area (Å²) in [6.07, 6.45) is 5.51. The number of halogens is 1. The van der Waals surface area contributed by atoms with Gasteiger partial charge >= 0.3 is 0 Å². The van der Waals surface area contributed by atoms with Crippen LogP contribution >= 0.6 is 15.9 Å². The molecule has 17 heavy (non-hydrogen) atoms. The monoisotopic (exact) mass is 295 g/mol. The van der Waals surface area contributed by atoms with Crippen molar-refractivity contribution in [1.82, 2.24) is 20.2 Å². The zero-order chi connectivity index (χ0) is 12.3. The fraction of sp³-hybridized carbons (Fsp3) is 0.273. The van der Waals surface area contributed by atoms with Crippen molar-refractivity contribution in [3.63, 3.8) is 0 Å². The Balaban J connectivity index is 2.36. The fourth-order valence-corrected chi connectivity index (χ4v) is 2.13. The molecule has 2 aromatic rings. The summed E-state index contributed by atoms with van der Waals surface area (Å²) >= 11 is 3.47. The number of hydrogen-bond donors (Lipinski definition) is 2. The van der Waals surface area contributed by atoms with E-state index in [0.29, 0.717) is 0 Å². The summed E-state index contributed by atoms with van der Waals surface area (Å²) in [4.78, 5) is 4.33. The number of aromatic nitrogens is 3. The zero-order valence-corrected chi connectivity index (χ0v) is 11.1. The first-order valence-corrected chi connectivity index (χ1v) is 6.14. The summed E-state index contributed by atoms with van der Waals surface area (Å²) in [5.74, 6) is 5.61. The van der Waals surface area contributed by atoms with Crippen LogP contribution in [0.15, 0.2) is 35.2 Å². The second kappa shape index (κ2) is 5.39. The summed E-state index contributed by atoms with van der Waals surface area (Å²) in [5.41, 5.74) is 4.61. The Morgan fingerprint density at radius 3 is 3.00 bits per heavy atom. The van der Waals surface area contributed by atoms with E-state index in [1.807, 2.05) is 29.9 Å². The van der Waals surface area contributed by atoms with E-state index in [4.69, 9.17) is 5.84 Å². The molecule has 0 radical (unpaired) electrons. The minimum absolute atomic E-state index is 0.161. The maximum Gasteiger partial charge on any atom is 0.0923 e. The van der Waals surface area contributed by atoms with Crippen LogP contribution in [0, 0.1) is 0 Å². The third-order valence-corrected chi connectivity index (χ3v) is 3.21. The summed E-state index contributed by atoms with van der Waals surface area (Å²) in [6.45, 7) is 2.87. The number of nitrogens with two attached hydrogens (primary N) is 1. The van der Waals surface area contributed by atoms with Gasteiger partial charge in [0.05, 0.1) is 17.9 Å². The van der Waals surface area contributed by atoms with Crippen LogP contribution in [0.25, 0.3) is 0 Å². The molecule has 0 aromatic carbocycles. The quantitative estimate of drug-likeness (QED) is 0.664. The van der Waals surface area contributed by atoms with Crippen molar-refractivity contribution in [2.24, 2.45) is 5.84 Å². The minimum Gasteiger partial charge on any atom is -0.273 e. The van der Waals surface area contributed by atoms with Gasteiger partial charge in [-0.05, 0) is 35.0 Å². The van der Waals surface area contributed by atoms with E-state index in [9.17, 15) is 0 Å². The van der Waals surface area contributed by atoms with Gasteiger partial charge in [-0.15, -0.1) is 0 Å². The molecule has 0 amide bonds. The van der Waals surface area contributed by atoms with Crippen molar-refractivity contribution in [3.8, 4) is 0 Å². The van der Waals surface area contributed by atoms with E-state index in [1.54, 1.807) is 12.4 Å². The average molecular weight is 296 g/mol. The van der Waals surface area contributed by atoms with E-state index >= 15 is 0 Å². The third kappa shape index (κ3) is 2.54. The molecule has 0 spiro atoms. The molecular formula is C11H14BrN5. The van der Waals surface area contributed by atoms with Crippen molar-refractivity contribution >= 4 is 15.9 Å². The van der Waals surface area contributed by atoms with Crippen LogP contribution < -0.4 is 11.3 Å². The summed E-state index contributed by atoms with van der Waals surface area (Å²) in [6, 6.07) is 3.65. The number of nitrogens with one attached hydrogen (secondary N) is 1. The molecule has 2 heterocycles. The van der Waals surface area contributed by atoms with Gasteiger partial charge < -0.3 is 0 Å². The Kier molecular flexibility index (Phi) is 3.88. The van der Waals surface area contributed by atoms with Gasteiger partial charge in [-0.1, -0.05) is 0 Å². The van der Waals surface area contributed by atoms with Gasteiger partial charge in [0.1, 0.15) is 0 Å². The first-order chi connectivity index (χ1) is 8.26. The molecule has 1 unspecified atom stereocenters. The van der Waals surface area contributed by atoms with Crippen LogP contribution in [0.4, 0.5) is 0 Å². The summed E-state index contributed by atoms with van der Waals surface area (Å²) < 4.78 is 2.78. The van der Waals surface area contributed by atoms with E-state index in [-0.39, 0.29) is 6.04 Å². The maximum absolute atomic E-state index is 5.61. The molecule has 0 saturated carbocycles. The molecule has 1 atom stereocenters. The number of rotatable bonds is 4. The highest BCUT2D eigenvalue weighted by molar-refractivity contribution is 9.10. The Hall–Kier alpha value is -1.24. The highest BCUT2D eigenvalue weighted by Gasteiger charge is 2.18. The number of pyridine rings is 1. The Labute approximate surface area is 108 Å².